The molecule has 1 aromatic carbocycles. The monoisotopic (exact) mass is 210 g/mol. The molecule has 0 aliphatic heterocycles. The maximum atomic E-state index is 4.27. The summed E-state index contributed by atoms with van der Waals surface area (Å²) in [5.41, 5.74) is 0. The van der Waals surface area contributed by atoms with Gasteiger partial charge in [-0.15, -0.1) is 11.3 Å². The molecule has 12 heavy (non-hydrogen) atoms. The standard InChI is InChI=1S/C8H7BS3/c10-9(11)8-5-6-3-1-2-4-7(6)12-8/h1-5,10-11H. The zero-order chi connectivity index (χ0) is 8.55. The Morgan fingerprint density at radius 2 is 1.92 bits per heavy atom. The quantitative estimate of drug-likeness (QED) is 0.524. The molecule has 0 nitrogen and oxygen atoms in total. The SMILES string of the molecule is SB(S)c1cc2ccccc2s1. The maximum absolute atomic E-state index is 4.27. The first-order valence-electron chi connectivity index (χ1n) is 3.62. The van der Waals surface area contributed by atoms with Crippen LogP contribution in [0.3, 0.4) is 0 Å². The summed E-state index contributed by atoms with van der Waals surface area (Å²) in [7, 11) is 0. The number of fused-ring (bicyclic) bond motifs is 1. The molecular formula is C8H7BS3. The number of thiophene rings is 1. The van der Waals surface area contributed by atoms with Crippen molar-refractivity contribution in [1.29, 1.82) is 0 Å². The van der Waals surface area contributed by atoms with E-state index in [2.05, 4.69) is 49.2 Å². The van der Waals surface area contributed by atoms with Crippen LogP contribution in [0.1, 0.15) is 0 Å². The highest BCUT2D eigenvalue weighted by Gasteiger charge is 2.09. The van der Waals surface area contributed by atoms with Crippen LogP contribution in [0.25, 0.3) is 10.1 Å². The van der Waals surface area contributed by atoms with E-state index in [0.29, 0.717) is 0 Å². The molecule has 0 radical (unpaired) electrons. The molecule has 0 N–H and O–H groups in total. The van der Waals surface area contributed by atoms with Gasteiger partial charge in [-0.3, -0.25) is 0 Å². The van der Waals surface area contributed by atoms with Gasteiger partial charge in [-0.1, -0.05) is 18.2 Å². The smallest absolute Gasteiger partial charge is 0.208 e. The van der Waals surface area contributed by atoms with Crippen molar-refractivity contribution in [3.05, 3.63) is 30.3 Å². The van der Waals surface area contributed by atoms with Gasteiger partial charge in [-0.25, -0.2) is 25.0 Å². The minimum Gasteiger partial charge on any atom is -0.208 e. The van der Waals surface area contributed by atoms with Crippen molar-refractivity contribution in [3.8, 4) is 0 Å². The second kappa shape index (κ2) is 3.36. The second-order valence-corrected chi connectivity index (χ2v) is 5.12. The molecule has 60 valence electrons. The Hall–Kier alpha value is -0.0551. The summed E-state index contributed by atoms with van der Waals surface area (Å²) in [6, 6.07) is 10.5. The predicted octanol–water partition coefficient (Wildman–Crippen LogP) is 2.46. The minimum absolute atomic E-state index is 0.0439. The lowest BCUT2D eigenvalue weighted by Crippen LogP contribution is -2.12. The van der Waals surface area contributed by atoms with Gasteiger partial charge in [0, 0.05) is 4.70 Å². The third kappa shape index (κ3) is 1.51. The van der Waals surface area contributed by atoms with Crippen molar-refractivity contribution in [1.82, 2.24) is 0 Å². The van der Waals surface area contributed by atoms with E-state index in [9.17, 15) is 0 Å². The molecule has 0 aliphatic carbocycles. The molecule has 0 spiro atoms. The number of thiol groups is 2. The lowest BCUT2D eigenvalue weighted by Gasteiger charge is -1.89. The molecule has 2 rings (SSSR count). The Morgan fingerprint density at radius 3 is 2.58 bits per heavy atom. The predicted molar refractivity (Wildman–Crippen MR) is 65.2 cm³/mol. The fraction of sp³-hybridized carbons (Fsp3) is 0. The van der Waals surface area contributed by atoms with Crippen LogP contribution in [0, 0.1) is 0 Å². The molecule has 0 unspecified atom stereocenters. The van der Waals surface area contributed by atoms with Gasteiger partial charge in [0.25, 0.3) is 0 Å². The summed E-state index contributed by atoms with van der Waals surface area (Å²) < 4.78 is 2.52. The van der Waals surface area contributed by atoms with Crippen LogP contribution in [0.15, 0.2) is 30.3 Å². The van der Waals surface area contributed by atoms with Gasteiger partial charge in [0.05, 0.1) is 0 Å². The first-order chi connectivity index (χ1) is 5.77. The molecule has 1 heterocycles. The normalized spacial score (nSPS) is 10.5. The zero-order valence-electron chi connectivity index (χ0n) is 6.27. The second-order valence-electron chi connectivity index (χ2n) is 2.56. The van der Waals surface area contributed by atoms with Gasteiger partial charge in [0.2, 0.25) is 0 Å². The Morgan fingerprint density at radius 1 is 1.17 bits per heavy atom. The third-order valence-corrected chi connectivity index (χ3v) is 3.79. The van der Waals surface area contributed by atoms with Gasteiger partial charge < -0.3 is 0 Å². The number of hydrogen-bond acceptors (Lipinski definition) is 3. The van der Waals surface area contributed by atoms with E-state index in [-0.39, 0.29) is 5.27 Å². The van der Waals surface area contributed by atoms with Crippen molar-refractivity contribution in [3.63, 3.8) is 0 Å². The van der Waals surface area contributed by atoms with E-state index in [1.807, 2.05) is 6.07 Å². The average molecular weight is 210 g/mol. The van der Waals surface area contributed by atoms with Crippen LogP contribution < -0.4 is 4.78 Å². The highest BCUT2D eigenvalue weighted by atomic mass is 32.2. The van der Waals surface area contributed by atoms with Gasteiger partial charge in [0.15, 0.2) is 0 Å². The Balaban J connectivity index is 2.62. The van der Waals surface area contributed by atoms with E-state index in [1.54, 1.807) is 11.3 Å². The highest BCUT2D eigenvalue weighted by Crippen LogP contribution is 2.19. The van der Waals surface area contributed by atoms with Gasteiger partial charge in [-0.2, -0.15) is 0 Å². The molecule has 0 saturated carbocycles. The average Bonchev–Trinajstić information content (AvgIpc) is 2.46. The molecule has 0 fully saturated rings. The van der Waals surface area contributed by atoms with E-state index in [0.717, 1.165) is 0 Å². The first kappa shape index (κ1) is 8.54. The summed E-state index contributed by atoms with van der Waals surface area (Å²) in [5, 5.41) is 1.33. The molecule has 2 aromatic rings. The molecule has 0 atom stereocenters. The largest absolute Gasteiger partial charge is 0.311 e. The zero-order valence-corrected chi connectivity index (χ0v) is 8.87. The molecule has 1 aromatic heterocycles. The van der Waals surface area contributed by atoms with Crippen LogP contribution in [-0.4, -0.2) is 5.27 Å². The fourth-order valence-electron chi connectivity index (χ4n) is 1.13. The van der Waals surface area contributed by atoms with E-state index in [1.165, 1.54) is 14.9 Å². The molecular weight excluding hydrogens is 203 g/mol. The summed E-state index contributed by atoms with van der Waals surface area (Å²) >= 11 is 10.3. The Kier molecular flexibility index (Phi) is 2.39. The van der Waals surface area contributed by atoms with Gasteiger partial charge in [-0.05, 0) is 22.3 Å². The van der Waals surface area contributed by atoms with Gasteiger partial charge >= 0.3 is 5.27 Å². The fourth-order valence-corrected chi connectivity index (χ4v) is 2.53. The topological polar surface area (TPSA) is 0 Å². The number of benzene rings is 1. The van der Waals surface area contributed by atoms with Crippen LogP contribution in [0.5, 0.6) is 0 Å². The van der Waals surface area contributed by atoms with Crippen LogP contribution >= 0.6 is 36.3 Å². The van der Waals surface area contributed by atoms with Crippen molar-refractivity contribution >= 4 is 56.4 Å². The molecule has 0 aliphatic rings. The molecule has 0 amide bonds. The van der Waals surface area contributed by atoms with E-state index < -0.39 is 0 Å². The third-order valence-electron chi connectivity index (χ3n) is 1.70. The number of hydrogen-bond donors (Lipinski definition) is 2. The summed E-state index contributed by atoms with van der Waals surface area (Å²) in [5.74, 6) is 0. The molecule has 0 saturated heterocycles. The van der Waals surface area contributed by atoms with Crippen LogP contribution in [-0.2, 0) is 0 Å². The van der Waals surface area contributed by atoms with Crippen molar-refractivity contribution < 1.29 is 0 Å². The van der Waals surface area contributed by atoms with Crippen LogP contribution in [0.2, 0.25) is 0 Å². The molecule has 0 bridgehead atoms. The van der Waals surface area contributed by atoms with Gasteiger partial charge in [0.1, 0.15) is 0 Å². The van der Waals surface area contributed by atoms with Crippen molar-refractivity contribution in [2.45, 2.75) is 0 Å². The Bertz CT molecular complexity index is 361. The summed E-state index contributed by atoms with van der Waals surface area (Å²) in [6.07, 6.45) is 0. The lowest BCUT2D eigenvalue weighted by atomic mass is 10.0. The van der Waals surface area contributed by atoms with Crippen LogP contribution in [0.4, 0.5) is 0 Å². The summed E-state index contributed by atoms with van der Waals surface area (Å²) in [4.78, 5) is 0. The maximum Gasteiger partial charge on any atom is 0.311 e. The number of rotatable bonds is 1. The summed E-state index contributed by atoms with van der Waals surface area (Å²) in [6.45, 7) is 0. The highest BCUT2D eigenvalue weighted by molar-refractivity contribution is 8.42. The van der Waals surface area contributed by atoms with E-state index >= 15 is 0 Å². The molecule has 4 heteroatoms. The minimum atomic E-state index is 0.0439. The lowest BCUT2D eigenvalue weighted by molar-refractivity contribution is 1.86. The van der Waals surface area contributed by atoms with Crippen molar-refractivity contribution in [2.24, 2.45) is 0 Å². The Labute approximate surface area is 86.7 Å². The first-order valence-corrected chi connectivity index (χ1v) is 5.47. The van der Waals surface area contributed by atoms with E-state index in [4.69, 9.17) is 0 Å². The van der Waals surface area contributed by atoms with Crippen molar-refractivity contribution in [2.75, 3.05) is 0 Å².